The highest BCUT2D eigenvalue weighted by molar-refractivity contribution is 9.10. The van der Waals surface area contributed by atoms with Crippen LogP contribution >= 0.6 is 15.9 Å². The monoisotopic (exact) mass is 483 g/mol. The molecule has 158 valence electrons. The number of carbonyl (C=O) groups is 3. The maximum absolute atomic E-state index is 13.0. The molecule has 2 unspecified atom stereocenters. The summed E-state index contributed by atoms with van der Waals surface area (Å²) in [7, 11) is 0. The van der Waals surface area contributed by atoms with E-state index in [1.165, 1.54) is 19.9 Å². The molecule has 2 aromatic rings. The standard InChI is InChI=1S/C20H17BrF3N3O3/c1-11(16(28)25-15-8-4-6-13(10-15)20(22,23)24)27-17(29)19(2,26-18(27)30)12-5-3-7-14(21)9-12/h3-11H,1-2H3,(H,25,28)(H,26,30). The molecule has 0 saturated carbocycles. The topological polar surface area (TPSA) is 78.5 Å². The SMILES string of the molecule is CC(C(=O)Nc1cccc(C(F)(F)F)c1)N1C(=O)NC(C)(c2cccc(Br)c2)C1=O. The summed E-state index contributed by atoms with van der Waals surface area (Å²) >= 11 is 3.31. The average molecular weight is 484 g/mol. The number of rotatable bonds is 4. The second-order valence-electron chi connectivity index (χ2n) is 6.98. The minimum absolute atomic E-state index is 0.0940. The van der Waals surface area contributed by atoms with Gasteiger partial charge in [-0.3, -0.25) is 9.59 Å². The number of hydrogen-bond acceptors (Lipinski definition) is 3. The molecule has 2 N–H and O–H groups in total. The summed E-state index contributed by atoms with van der Waals surface area (Å²) in [5, 5.41) is 4.92. The molecule has 1 aliphatic heterocycles. The number of anilines is 1. The third-order valence-electron chi connectivity index (χ3n) is 4.85. The van der Waals surface area contributed by atoms with Gasteiger partial charge in [-0.1, -0.05) is 34.1 Å². The van der Waals surface area contributed by atoms with Gasteiger partial charge in [-0.15, -0.1) is 0 Å². The van der Waals surface area contributed by atoms with Gasteiger partial charge in [0, 0.05) is 10.2 Å². The molecule has 0 aliphatic carbocycles. The van der Waals surface area contributed by atoms with Gasteiger partial charge in [0.25, 0.3) is 5.91 Å². The largest absolute Gasteiger partial charge is 0.416 e. The van der Waals surface area contributed by atoms with Gasteiger partial charge in [-0.05, 0) is 49.7 Å². The van der Waals surface area contributed by atoms with E-state index in [2.05, 4.69) is 26.6 Å². The van der Waals surface area contributed by atoms with Crippen LogP contribution in [0.5, 0.6) is 0 Å². The highest BCUT2D eigenvalue weighted by atomic mass is 79.9. The lowest BCUT2D eigenvalue weighted by Crippen LogP contribution is -2.47. The molecule has 3 rings (SSSR count). The van der Waals surface area contributed by atoms with Gasteiger partial charge in [-0.25, -0.2) is 9.69 Å². The Balaban J connectivity index is 1.81. The van der Waals surface area contributed by atoms with Crippen LogP contribution in [0.2, 0.25) is 0 Å². The molecule has 0 bridgehead atoms. The van der Waals surface area contributed by atoms with E-state index >= 15 is 0 Å². The predicted molar refractivity (Wildman–Crippen MR) is 106 cm³/mol. The maximum Gasteiger partial charge on any atom is 0.416 e. The van der Waals surface area contributed by atoms with Crippen LogP contribution in [0.1, 0.15) is 25.0 Å². The summed E-state index contributed by atoms with van der Waals surface area (Å²) in [4.78, 5) is 38.9. The summed E-state index contributed by atoms with van der Waals surface area (Å²) in [6.07, 6.45) is -4.57. The number of hydrogen-bond donors (Lipinski definition) is 2. The first-order valence-electron chi connectivity index (χ1n) is 8.83. The number of nitrogens with zero attached hydrogens (tertiary/aromatic N) is 1. The maximum atomic E-state index is 13.0. The Kier molecular flexibility index (Phi) is 5.64. The molecule has 0 radical (unpaired) electrons. The molecule has 1 aliphatic rings. The van der Waals surface area contributed by atoms with E-state index in [4.69, 9.17) is 0 Å². The zero-order valence-corrected chi connectivity index (χ0v) is 17.5. The molecule has 1 fully saturated rings. The van der Waals surface area contributed by atoms with Crippen molar-refractivity contribution in [3.05, 3.63) is 64.1 Å². The van der Waals surface area contributed by atoms with Gasteiger partial charge >= 0.3 is 12.2 Å². The van der Waals surface area contributed by atoms with Crippen molar-refractivity contribution < 1.29 is 27.6 Å². The molecule has 6 nitrogen and oxygen atoms in total. The smallest absolute Gasteiger partial charge is 0.324 e. The van der Waals surface area contributed by atoms with Crippen molar-refractivity contribution in [2.75, 3.05) is 5.32 Å². The zero-order valence-electron chi connectivity index (χ0n) is 15.9. The Morgan fingerprint density at radius 2 is 1.83 bits per heavy atom. The quantitative estimate of drug-likeness (QED) is 0.637. The fourth-order valence-electron chi connectivity index (χ4n) is 3.14. The number of nitrogens with one attached hydrogen (secondary N) is 2. The Morgan fingerprint density at radius 1 is 1.17 bits per heavy atom. The Bertz CT molecular complexity index is 1030. The summed E-state index contributed by atoms with van der Waals surface area (Å²) < 4.78 is 39.3. The fourth-order valence-corrected chi connectivity index (χ4v) is 3.54. The van der Waals surface area contributed by atoms with Crippen molar-refractivity contribution in [1.82, 2.24) is 10.2 Å². The Labute approximate surface area is 178 Å². The lowest BCUT2D eigenvalue weighted by Gasteiger charge is -2.24. The van der Waals surface area contributed by atoms with Crippen LogP contribution in [0.4, 0.5) is 23.7 Å². The van der Waals surface area contributed by atoms with Crippen molar-refractivity contribution in [3.63, 3.8) is 0 Å². The third-order valence-corrected chi connectivity index (χ3v) is 5.34. The van der Waals surface area contributed by atoms with E-state index in [0.29, 0.717) is 10.0 Å². The first-order valence-corrected chi connectivity index (χ1v) is 9.63. The second kappa shape index (κ2) is 7.75. The number of halogens is 4. The lowest BCUT2D eigenvalue weighted by atomic mass is 9.92. The molecule has 2 atom stereocenters. The number of benzene rings is 2. The van der Waals surface area contributed by atoms with Crippen LogP contribution in [0.15, 0.2) is 53.0 Å². The van der Waals surface area contributed by atoms with E-state index in [1.54, 1.807) is 24.3 Å². The van der Waals surface area contributed by atoms with Crippen LogP contribution in [0.3, 0.4) is 0 Å². The summed E-state index contributed by atoms with van der Waals surface area (Å²) in [5.74, 6) is -1.44. The van der Waals surface area contributed by atoms with Crippen LogP contribution in [-0.2, 0) is 21.3 Å². The molecular weight excluding hydrogens is 467 g/mol. The molecule has 0 aromatic heterocycles. The number of amides is 4. The van der Waals surface area contributed by atoms with E-state index in [0.717, 1.165) is 23.1 Å². The molecule has 2 aromatic carbocycles. The molecule has 10 heteroatoms. The van der Waals surface area contributed by atoms with Crippen molar-refractivity contribution in [1.29, 1.82) is 0 Å². The minimum Gasteiger partial charge on any atom is -0.324 e. The lowest BCUT2D eigenvalue weighted by molar-refractivity contribution is -0.137. The predicted octanol–water partition coefficient (Wildman–Crippen LogP) is 4.26. The highest BCUT2D eigenvalue weighted by Gasteiger charge is 2.51. The van der Waals surface area contributed by atoms with Gasteiger partial charge in [0.05, 0.1) is 5.56 Å². The Hall–Kier alpha value is -2.88. The zero-order chi connectivity index (χ0) is 22.3. The van der Waals surface area contributed by atoms with E-state index < -0.39 is 41.2 Å². The van der Waals surface area contributed by atoms with Gasteiger partial charge < -0.3 is 10.6 Å². The van der Waals surface area contributed by atoms with Gasteiger partial charge in [0.15, 0.2) is 0 Å². The minimum atomic E-state index is -4.57. The normalized spacial score (nSPS) is 20.1. The summed E-state index contributed by atoms with van der Waals surface area (Å²) in [6.45, 7) is 2.85. The van der Waals surface area contributed by atoms with Gasteiger partial charge in [0.1, 0.15) is 11.6 Å². The molecule has 1 heterocycles. The summed E-state index contributed by atoms with van der Waals surface area (Å²) in [6, 6.07) is 8.89. The van der Waals surface area contributed by atoms with Crippen molar-refractivity contribution in [2.24, 2.45) is 0 Å². The van der Waals surface area contributed by atoms with Gasteiger partial charge in [-0.2, -0.15) is 13.2 Å². The Morgan fingerprint density at radius 3 is 2.47 bits per heavy atom. The number of imide groups is 1. The first kappa shape index (κ1) is 21.8. The number of urea groups is 1. The molecular formula is C20H17BrF3N3O3. The van der Waals surface area contributed by atoms with Crippen molar-refractivity contribution >= 4 is 39.5 Å². The molecule has 0 spiro atoms. The van der Waals surface area contributed by atoms with E-state index in [-0.39, 0.29) is 5.69 Å². The average Bonchev–Trinajstić information content (AvgIpc) is 2.90. The molecule has 1 saturated heterocycles. The van der Waals surface area contributed by atoms with Crippen LogP contribution in [0.25, 0.3) is 0 Å². The van der Waals surface area contributed by atoms with E-state index in [1.807, 2.05) is 0 Å². The second-order valence-corrected chi connectivity index (χ2v) is 7.90. The number of alkyl halides is 3. The van der Waals surface area contributed by atoms with Crippen LogP contribution in [-0.4, -0.2) is 28.8 Å². The van der Waals surface area contributed by atoms with Crippen LogP contribution in [0, 0.1) is 0 Å². The van der Waals surface area contributed by atoms with Gasteiger partial charge in [0.2, 0.25) is 5.91 Å². The molecule has 4 amide bonds. The van der Waals surface area contributed by atoms with Crippen LogP contribution < -0.4 is 10.6 Å². The highest BCUT2D eigenvalue weighted by Crippen LogP contribution is 2.33. The third kappa shape index (κ3) is 4.04. The number of carbonyl (C=O) groups excluding carboxylic acids is 3. The van der Waals surface area contributed by atoms with E-state index in [9.17, 15) is 27.6 Å². The van der Waals surface area contributed by atoms with Crippen molar-refractivity contribution in [2.45, 2.75) is 31.6 Å². The fraction of sp³-hybridized carbons (Fsp3) is 0.250. The summed E-state index contributed by atoms with van der Waals surface area (Å²) in [5.41, 5.74) is -1.89. The molecule has 30 heavy (non-hydrogen) atoms. The van der Waals surface area contributed by atoms with Crippen molar-refractivity contribution in [3.8, 4) is 0 Å². The first-order chi connectivity index (χ1) is 13.9.